The van der Waals surface area contributed by atoms with Crippen molar-refractivity contribution in [2.45, 2.75) is 157 Å². The number of nitrogens with one attached hydrogen (secondary N) is 6. The average molecular weight is 618 g/mol. The van der Waals surface area contributed by atoms with Crippen molar-refractivity contribution in [1.29, 1.82) is 5.26 Å². The van der Waals surface area contributed by atoms with Crippen LogP contribution in [0.15, 0.2) is 0 Å². The van der Waals surface area contributed by atoms with E-state index < -0.39 is 11.1 Å². The molecule has 10 nitrogen and oxygen atoms in total. The van der Waals surface area contributed by atoms with Gasteiger partial charge in [0.2, 0.25) is 5.91 Å². The van der Waals surface area contributed by atoms with Gasteiger partial charge in [-0.1, -0.05) is 31.9 Å². The van der Waals surface area contributed by atoms with E-state index in [0.717, 1.165) is 9.98 Å². The fraction of sp³-hybridized carbons (Fsp3) is 0.828. The standard InChI is InChI=1S/C7H14N2O.2C7H14N2S.C4H7NO.C3H6O.CH4/c3*1-6(2)5(10)8-7(3,4)9-6;1-4(2,6)3-5;1-3(2)4;/h3*9H,1-4H3,(H,8,10);6H,1-2H3;1-2H3;1H4. The van der Waals surface area contributed by atoms with Crippen LogP contribution >= 0.6 is 24.4 Å². The van der Waals surface area contributed by atoms with Crippen LogP contribution in [0.3, 0.4) is 0 Å². The smallest absolute Gasteiger partial charge is 0.241 e. The molecule has 0 aromatic rings. The van der Waals surface area contributed by atoms with E-state index in [1.165, 1.54) is 27.7 Å². The van der Waals surface area contributed by atoms with Gasteiger partial charge >= 0.3 is 0 Å². The number of Topliss-reactive ketones (excluding diaryl/α,β-unsaturated/α-hetero) is 1. The minimum atomic E-state index is -1.15. The minimum absolute atomic E-state index is 0. The molecule has 0 aliphatic carbocycles. The summed E-state index contributed by atoms with van der Waals surface area (Å²) in [6.45, 7) is 30.2. The number of amides is 1. The highest BCUT2D eigenvalue weighted by Gasteiger charge is 2.42. The first-order chi connectivity index (χ1) is 17.3. The molecule has 12 heteroatoms. The topological polar surface area (TPSA) is 150 Å². The minimum Gasteiger partial charge on any atom is -0.376 e. The normalized spacial score (nSPS) is 22.8. The Balaban J connectivity index is -0.000000453. The van der Waals surface area contributed by atoms with E-state index in [1.807, 2.05) is 27.7 Å². The summed E-state index contributed by atoms with van der Waals surface area (Å²) >= 11 is 10.3. The first-order valence-corrected chi connectivity index (χ1v) is 14.1. The Morgan fingerprint density at radius 2 is 0.927 bits per heavy atom. The summed E-state index contributed by atoms with van der Waals surface area (Å²) in [6.07, 6.45) is 0. The number of ketones is 1. The van der Waals surface area contributed by atoms with Crippen molar-refractivity contribution in [2.24, 2.45) is 0 Å². The summed E-state index contributed by atoms with van der Waals surface area (Å²) in [6, 6.07) is 1.66. The monoisotopic (exact) mass is 617 g/mol. The number of rotatable bonds is 0. The molecule has 3 saturated heterocycles. The molecule has 0 radical (unpaired) electrons. The summed E-state index contributed by atoms with van der Waals surface area (Å²) in [5, 5.41) is 35.5. The lowest BCUT2D eigenvalue weighted by atomic mass is 10.1. The van der Waals surface area contributed by atoms with E-state index in [2.05, 4.69) is 87.3 Å². The van der Waals surface area contributed by atoms with Gasteiger partial charge in [0.05, 0.1) is 49.7 Å². The largest absolute Gasteiger partial charge is 0.376 e. The maximum atomic E-state index is 11.1. The third-order valence-electron chi connectivity index (χ3n) is 5.13. The first kappa shape index (κ1) is 43.7. The van der Waals surface area contributed by atoms with Gasteiger partial charge in [0.25, 0.3) is 0 Å². The van der Waals surface area contributed by atoms with Crippen molar-refractivity contribution in [3.05, 3.63) is 0 Å². The molecule has 0 aromatic carbocycles. The fourth-order valence-electron chi connectivity index (χ4n) is 3.93. The van der Waals surface area contributed by atoms with Crippen molar-refractivity contribution >= 4 is 46.1 Å². The second-order valence-corrected chi connectivity index (χ2v) is 14.9. The second-order valence-electron chi connectivity index (χ2n) is 14.1. The highest BCUT2D eigenvalue weighted by molar-refractivity contribution is 7.80. The van der Waals surface area contributed by atoms with E-state index in [-0.39, 0.29) is 47.2 Å². The fourth-order valence-corrected chi connectivity index (χ4v) is 4.54. The van der Waals surface area contributed by atoms with E-state index in [1.54, 1.807) is 6.07 Å². The SMILES string of the molecule is C.CC(C)(O)C#N.CC(C)=O.CC1(C)NC(=O)C(C)(C)N1.CC1(C)NC(=S)C(C)(C)N1.CC1(C)NC(=S)C(C)(C)N1. The van der Waals surface area contributed by atoms with Gasteiger partial charge in [-0.15, -0.1) is 0 Å². The number of nitrogens with zero attached hydrogens (tertiary/aromatic N) is 1. The quantitative estimate of drug-likeness (QED) is 0.157. The predicted molar refractivity (Wildman–Crippen MR) is 178 cm³/mol. The number of carbonyl (C=O) groups excluding carboxylic acids is 2. The number of hydrogen-bond acceptors (Lipinski definition) is 9. The van der Waals surface area contributed by atoms with Crippen molar-refractivity contribution in [1.82, 2.24) is 31.9 Å². The van der Waals surface area contributed by atoms with Gasteiger partial charge in [0.1, 0.15) is 11.4 Å². The molecular formula is C29H59N7O3S2. The van der Waals surface area contributed by atoms with E-state index in [4.69, 9.17) is 34.8 Å². The van der Waals surface area contributed by atoms with Crippen molar-refractivity contribution in [2.75, 3.05) is 0 Å². The molecular weight excluding hydrogens is 558 g/mol. The van der Waals surface area contributed by atoms with Crippen molar-refractivity contribution < 1.29 is 14.7 Å². The van der Waals surface area contributed by atoms with Gasteiger partial charge in [-0.05, 0) is 111 Å². The van der Waals surface area contributed by atoms with Gasteiger partial charge in [0, 0.05) is 0 Å². The summed E-state index contributed by atoms with van der Waals surface area (Å²) in [5.41, 5.74) is -1.98. The molecule has 3 aliphatic heterocycles. The maximum absolute atomic E-state index is 11.1. The van der Waals surface area contributed by atoms with Crippen molar-refractivity contribution in [3.63, 3.8) is 0 Å². The summed E-state index contributed by atoms with van der Waals surface area (Å²) in [5.74, 6) is 0.234. The van der Waals surface area contributed by atoms with Gasteiger partial charge in [0.15, 0.2) is 0 Å². The molecule has 0 spiro atoms. The zero-order valence-electron chi connectivity index (χ0n) is 27.5. The summed E-state index contributed by atoms with van der Waals surface area (Å²) in [7, 11) is 0. The molecule has 41 heavy (non-hydrogen) atoms. The van der Waals surface area contributed by atoms with E-state index in [9.17, 15) is 9.59 Å². The highest BCUT2D eigenvalue weighted by Crippen LogP contribution is 2.19. The average Bonchev–Trinajstić information content (AvgIpc) is 3.05. The lowest BCUT2D eigenvalue weighted by Gasteiger charge is -2.22. The number of thiocarbonyl (C=S) groups is 2. The Morgan fingerprint density at radius 1 is 0.707 bits per heavy atom. The van der Waals surface area contributed by atoms with Crippen LogP contribution in [0.1, 0.15) is 118 Å². The molecule has 3 fully saturated rings. The predicted octanol–water partition coefficient (Wildman–Crippen LogP) is 3.78. The molecule has 7 N–H and O–H groups in total. The third kappa shape index (κ3) is 18.4. The zero-order valence-corrected chi connectivity index (χ0v) is 29.2. The maximum Gasteiger partial charge on any atom is 0.241 e. The highest BCUT2D eigenvalue weighted by atomic mass is 32.1. The second kappa shape index (κ2) is 15.1. The number of hydrogen-bond donors (Lipinski definition) is 7. The molecule has 240 valence electrons. The van der Waals surface area contributed by atoms with Gasteiger partial charge < -0.3 is 25.9 Å². The molecule has 1 amide bonds. The molecule has 3 aliphatic rings. The number of carbonyl (C=O) groups is 2. The molecule has 0 unspecified atom stereocenters. The van der Waals surface area contributed by atoms with Crippen molar-refractivity contribution in [3.8, 4) is 6.07 Å². The molecule has 0 saturated carbocycles. The van der Waals surface area contributed by atoms with E-state index in [0.29, 0.717) is 0 Å². The zero-order chi connectivity index (χ0) is 32.8. The molecule has 0 bridgehead atoms. The van der Waals surface area contributed by atoms with Crippen LogP contribution in [0.4, 0.5) is 0 Å². The molecule has 0 aromatic heterocycles. The Labute approximate surface area is 260 Å². The third-order valence-corrected chi connectivity index (χ3v) is 6.35. The van der Waals surface area contributed by atoms with Crippen LogP contribution in [-0.2, 0) is 9.59 Å². The van der Waals surface area contributed by atoms with Crippen LogP contribution in [-0.4, -0.2) is 66.0 Å². The number of aliphatic hydroxyl groups is 1. The van der Waals surface area contributed by atoms with Crippen LogP contribution < -0.4 is 31.9 Å². The molecule has 3 heterocycles. The Hall–Kier alpha value is -1.75. The van der Waals surface area contributed by atoms with Gasteiger partial charge in [-0.25, -0.2) is 0 Å². The summed E-state index contributed by atoms with van der Waals surface area (Å²) < 4.78 is 0. The number of nitriles is 1. The Kier molecular flexibility index (Phi) is 16.1. The molecule has 0 atom stereocenters. The Bertz CT molecular complexity index is 875. The van der Waals surface area contributed by atoms with Crippen LogP contribution in [0.2, 0.25) is 0 Å². The Morgan fingerprint density at radius 3 is 0.976 bits per heavy atom. The first-order valence-electron chi connectivity index (χ1n) is 13.3. The van der Waals surface area contributed by atoms with Crippen LogP contribution in [0.25, 0.3) is 0 Å². The lowest BCUT2D eigenvalue weighted by molar-refractivity contribution is -0.123. The van der Waals surface area contributed by atoms with Crippen LogP contribution in [0.5, 0.6) is 0 Å². The van der Waals surface area contributed by atoms with Gasteiger partial charge in [-0.2, -0.15) is 5.26 Å². The van der Waals surface area contributed by atoms with Crippen LogP contribution in [0, 0.1) is 11.3 Å². The molecule has 3 rings (SSSR count). The summed E-state index contributed by atoms with van der Waals surface area (Å²) in [4.78, 5) is 22.4. The van der Waals surface area contributed by atoms with E-state index >= 15 is 0 Å². The van der Waals surface area contributed by atoms with Gasteiger partial charge in [-0.3, -0.25) is 20.7 Å². The lowest BCUT2D eigenvalue weighted by Crippen LogP contribution is -2.47.